The van der Waals surface area contributed by atoms with E-state index < -0.39 is 12.0 Å². The predicted octanol–water partition coefficient (Wildman–Crippen LogP) is -0.162. The molecule has 0 radical (unpaired) electrons. The van der Waals surface area contributed by atoms with Crippen molar-refractivity contribution in [3.63, 3.8) is 0 Å². The Hall–Kier alpha value is -0.610. The second-order valence-corrected chi connectivity index (χ2v) is 2.79. The van der Waals surface area contributed by atoms with Crippen LogP contribution < -0.4 is 5.32 Å². The molecule has 1 aliphatic rings. The van der Waals surface area contributed by atoms with E-state index in [0.717, 1.165) is 13.0 Å². The van der Waals surface area contributed by atoms with Crippen LogP contribution in [0.25, 0.3) is 0 Å². The number of carbonyl (C=O) groups is 1. The number of aliphatic carboxylic acids is 1. The average molecular weight is 159 g/mol. The summed E-state index contributed by atoms with van der Waals surface area (Å²) in [6.07, 6.45) is 0.914. The highest BCUT2D eigenvalue weighted by atomic mass is 16.5. The van der Waals surface area contributed by atoms with Crippen molar-refractivity contribution in [2.75, 3.05) is 13.2 Å². The van der Waals surface area contributed by atoms with Gasteiger partial charge in [0.1, 0.15) is 6.04 Å². The monoisotopic (exact) mass is 159 g/mol. The molecule has 4 heteroatoms. The van der Waals surface area contributed by atoms with Crippen molar-refractivity contribution in [1.29, 1.82) is 0 Å². The molecule has 0 saturated carbocycles. The van der Waals surface area contributed by atoms with Gasteiger partial charge in [0.05, 0.1) is 6.61 Å². The molecule has 0 amide bonds. The fourth-order valence-corrected chi connectivity index (χ4v) is 1.09. The standard InChI is InChI=1S/C7H13NO3/c1-5(7(9)10)8-6-2-3-11-4-6/h5-6,8H,2-4H2,1H3,(H,9,10)/t5-,6?/m0/s1. The topological polar surface area (TPSA) is 58.6 Å². The molecule has 0 aromatic carbocycles. The number of carboxylic acids is 1. The Morgan fingerprint density at radius 2 is 2.55 bits per heavy atom. The van der Waals surface area contributed by atoms with E-state index in [2.05, 4.69) is 5.32 Å². The lowest BCUT2D eigenvalue weighted by Crippen LogP contribution is -2.41. The maximum Gasteiger partial charge on any atom is 0.320 e. The Kier molecular flexibility index (Phi) is 2.84. The van der Waals surface area contributed by atoms with Crippen LogP contribution in [0.5, 0.6) is 0 Å². The van der Waals surface area contributed by atoms with Crippen molar-refractivity contribution in [3.8, 4) is 0 Å². The van der Waals surface area contributed by atoms with Gasteiger partial charge in [-0.2, -0.15) is 0 Å². The molecule has 1 heterocycles. The molecule has 1 unspecified atom stereocenters. The third-order valence-electron chi connectivity index (χ3n) is 1.79. The van der Waals surface area contributed by atoms with Crippen LogP contribution in [0, 0.1) is 0 Å². The van der Waals surface area contributed by atoms with Gasteiger partial charge in [0, 0.05) is 12.6 Å². The first-order valence-corrected chi connectivity index (χ1v) is 3.76. The van der Waals surface area contributed by atoms with E-state index in [0.29, 0.717) is 6.61 Å². The largest absolute Gasteiger partial charge is 0.480 e. The van der Waals surface area contributed by atoms with Gasteiger partial charge >= 0.3 is 5.97 Å². The lowest BCUT2D eigenvalue weighted by atomic mass is 10.2. The molecular formula is C7H13NO3. The first-order chi connectivity index (χ1) is 5.20. The number of ether oxygens (including phenoxy) is 1. The molecule has 1 saturated heterocycles. The SMILES string of the molecule is C[C@H](NC1CCOC1)C(=O)O. The lowest BCUT2D eigenvalue weighted by molar-refractivity contribution is -0.139. The molecule has 0 bridgehead atoms. The van der Waals surface area contributed by atoms with Crippen LogP contribution in [0.2, 0.25) is 0 Å². The summed E-state index contributed by atoms with van der Waals surface area (Å²) in [5, 5.41) is 11.5. The minimum Gasteiger partial charge on any atom is -0.480 e. The number of rotatable bonds is 3. The summed E-state index contributed by atoms with van der Waals surface area (Å²) in [6, 6.07) is -0.247. The van der Waals surface area contributed by atoms with Crippen molar-refractivity contribution in [3.05, 3.63) is 0 Å². The highest BCUT2D eigenvalue weighted by molar-refractivity contribution is 5.72. The summed E-state index contributed by atoms with van der Waals surface area (Å²) in [5.74, 6) is -0.808. The van der Waals surface area contributed by atoms with Crippen LogP contribution in [-0.2, 0) is 9.53 Å². The van der Waals surface area contributed by atoms with Crippen molar-refractivity contribution < 1.29 is 14.6 Å². The second kappa shape index (κ2) is 3.69. The molecule has 2 atom stereocenters. The third-order valence-corrected chi connectivity index (χ3v) is 1.79. The van der Waals surface area contributed by atoms with Gasteiger partial charge in [0.25, 0.3) is 0 Å². The minimum atomic E-state index is -0.808. The van der Waals surface area contributed by atoms with Crippen LogP contribution in [0.15, 0.2) is 0 Å². The van der Waals surface area contributed by atoms with Crippen LogP contribution in [-0.4, -0.2) is 36.4 Å². The fourth-order valence-electron chi connectivity index (χ4n) is 1.09. The Morgan fingerprint density at radius 1 is 1.82 bits per heavy atom. The highest BCUT2D eigenvalue weighted by Crippen LogP contribution is 2.03. The molecule has 4 nitrogen and oxygen atoms in total. The van der Waals surface area contributed by atoms with Crippen LogP contribution in [0.1, 0.15) is 13.3 Å². The molecule has 0 spiro atoms. The first-order valence-electron chi connectivity index (χ1n) is 3.76. The van der Waals surface area contributed by atoms with Crippen LogP contribution in [0.4, 0.5) is 0 Å². The molecule has 0 aliphatic carbocycles. The third kappa shape index (κ3) is 2.48. The van der Waals surface area contributed by atoms with Crippen molar-refractivity contribution in [1.82, 2.24) is 5.32 Å². The highest BCUT2D eigenvalue weighted by Gasteiger charge is 2.20. The van der Waals surface area contributed by atoms with E-state index >= 15 is 0 Å². The zero-order chi connectivity index (χ0) is 8.27. The molecular weight excluding hydrogens is 146 g/mol. The number of nitrogens with one attached hydrogen (secondary N) is 1. The van der Waals surface area contributed by atoms with Crippen LogP contribution >= 0.6 is 0 Å². The van der Waals surface area contributed by atoms with Gasteiger partial charge < -0.3 is 9.84 Å². The first kappa shape index (κ1) is 8.49. The van der Waals surface area contributed by atoms with Crippen molar-refractivity contribution in [2.45, 2.75) is 25.4 Å². The zero-order valence-corrected chi connectivity index (χ0v) is 6.54. The van der Waals surface area contributed by atoms with E-state index in [-0.39, 0.29) is 6.04 Å². The van der Waals surface area contributed by atoms with E-state index in [4.69, 9.17) is 9.84 Å². The Labute approximate surface area is 65.5 Å². The minimum absolute atomic E-state index is 0.223. The predicted molar refractivity (Wildman–Crippen MR) is 39.5 cm³/mol. The van der Waals surface area contributed by atoms with Gasteiger partial charge in [-0.3, -0.25) is 10.1 Å². The lowest BCUT2D eigenvalue weighted by Gasteiger charge is -2.13. The molecule has 11 heavy (non-hydrogen) atoms. The molecule has 1 rings (SSSR count). The summed E-state index contributed by atoms with van der Waals surface area (Å²) in [4.78, 5) is 10.4. The van der Waals surface area contributed by atoms with E-state index in [1.54, 1.807) is 6.92 Å². The van der Waals surface area contributed by atoms with Crippen molar-refractivity contribution >= 4 is 5.97 Å². The Bertz CT molecular complexity index is 143. The van der Waals surface area contributed by atoms with Crippen molar-refractivity contribution in [2.24, 2.45) is 0 Å². The van der Waals surface area contributed by atoms with Gasteiger partial charge in [0.2, 0.25) is 0 Å². The van der Waals surface area contributed by atoms with Gasteiger partial charge in [-0.1, -0.05) is 0 Å². The maximum absolute atomic E-state index is 10.4. The van der Waals surface area contributed by atoms with Crippen LogP contribution in [0.3, 0.4) is 0 Å². The fraction of sp³-hybridized carbons (Fsp3) is 0.857. The second-order valence-electron chi connectivity index (χ2n) is 2.79. The summed E-state index contributed by atoms with van der Waals surface area (Å²) >= 11 is 0. The number of carboxylic acid groups (broad SMARTS) is 1. The maximum atomic E-state index is 10.4. The summed E-state index contributed by atoms with van der Waals surface area (Å²) in [6.45, 7) is 3.02. The molecule has 1 fully saturated rings. The quantitative estimate of drug-likeness (QED) is 0.600. The van der Waals surface area contributed by atoms with E-state index in [1.807, 2.05) is 0 Å². The Balaban J connectivity index is 2.23. The van der Waals surface area contributed by atoms with Gasteiger partial charge in [0.15, 0.2) is 0 Å². The molecule has 0 aromatic heterocycles. The average Bonchev–Trinajstić information content (AvgIpc) is 2.39. The summed E-state index contributed by atoms with van der Waals surface area (Å²) in [7, 11) is 0. The van der Waals surface area contributed by atoms with E-state index in [1.165, 1.54) is 0 Å². The van der Waals surface area contributed by atoms with Gasteiger partial charge in [-0.05, 0) is 13.3 Å². The summed E-state index contributed by atoms with van der Waals surface area (Å²) < 4.78 is 5.08. The molecule has 0 aromatic rings. The Morgan fingerprint density at radius 3 is 3.00 bits per heavy atom. The summed E-state index contributed by atoms with van der Waals surface area (Å²) in [5.41, 5.74) is 0. The zero-order valence-electron chi connectivity index (χ0n) is 6.54. The molecule has 2 N–H and O–H groups in total. The van der Waals surface area contributed by atoms with Gasteiger partial charge in [-0.25, -0.2) is 0 Å². The number of hydrogen-bond donors (Lipinski definition) is 2. The number of hydrogen-bond acceptors (Lipinski definition) is 3. The van der Waals surface area contributed by atoms with E-state index in [9.17, 15) is 4.79 Å². The van der Waals surface area contributed by atoms with Gasteiger partial charge in [-0.15, -0.1) is 0 Å². The molecule has 1 aliphatic heterocycles. The normalized spacial score (nSPS) is 26.8. The smallest absolute Gasteiger partial charge is 0.320 e. The molecule has 64 valence electrons.